The molecule has 0 aromatic rings. The van der Waals surface area contributed by atoms with E-state index in [0.717, 1.165) is 13.0 Å². The number of carbonyl (C=O) groups excluding carboxylic acids is 1. The smallest absolute Gasteiger partial charge is 0.310 e. The van der Waals surface area contributed by atoms with E-state index in [0.29, 0.717) is 5.92 Å². The molecule has 0 saturated carbocycles. The highest BCUT2D eigenvalue weighted by atomic mass is 16.5. The molecule has 70 valence electrons. The highest BCUT2D eigenvalue weighted by molar-refractivity contribution is 5.73. The third kappa shape index (κ3) is 1.78. The number of ether oxygens (including phenoxy) is 1. The quantitative estimate of drug-likeness (QED) is 0.593. The van der Waals surface area contributed by atoms with Crippen molar-refractivity contribution in [1.29, 1.82) is 0 Å². The molecule has 0 amide bonds. The monoisotopic (exact) mass is 171 g/mol. The van der Waals surface area contributed by atoms with E-state index in [1.165, 1.54) is 7.11 Å². The largest absolute Gasteiger partial charge is 0.469 e. The predicted molar refractivity (Wildman–Crippen MR) is 46.8 cm³/mol. The zero-order chi connectivity index (χ0) is 9.14. The van der Waals surface area contributed by atoms with Crippen molar-refractivity contribution >= 4 is 5.97 Å². The van der Waals surface area contributed by atoms with Gasteiger partial charge in [0.05, 0.1) is 13.0 Å². The summed E-state index contributed by atoms with van der Waals surface area (Å²) in [5, 5.41) is 3.28. The molecule has 0 aliphatic carbocycles. The summed E-state index contributed by atoms with van der Waals surface area (Å²) < 4.78 is 4.75. The molecule has 0 bridgehead atoms. The molecule has 12 heavy (non-hydrogen) atoms. The molecule has 1 aliphatic rings. The van der Waals surface area contributed by atoms with Gasteiger partial charge in [0.25, 0.3) is 0 Å². The van der Waals surface area contributed by atoms with Crippen LogP contribution in [0.2, 0.25) is 0 Å². The summed E-state index contributed by atoms with van der Waals surface area (Å²) in [6.45, 7) is 5.16. The van der Waals surface area contributed by atoms with Crippen LogP contribution >= 0.6 is 0 Å². The molecule has 0 aromatic heterocycles. The van der Waals surface area contributed by atoms with Gasteiger partial charge in [-0.3, -0.25) is 4.79 Å². The molecule has 1 aliphatic heterocycles. The molecule has 1 fully saturated rings. The van der Waals surface area contributed by atoms with E-state index in [9.17, 15) is 4.79 Å². The Hall–Kier alpha value is -0.570. The van der Waals surface area contributed by atoms with E-state index in [-0.39, 0.29) is 17.9 Å². The first-order valence-electron chi connectivity index (χ1n) is 4.48. The predicted octanol–water partition coefficient (Wildman–Crippen LogP) is 0.793. The van der Waals surface area contributed by atoms with Crippen LogP contribution in [-0.4, -0.2) is 25.7 Å². The number of esters is 1. The number of methoxy groups -OCH3 is 1. The van der Waals surface area contributed by atoms with Gasteiger partial charge in [-0.05, 0) is 25.8 Å². The topological polar surface area (TPSA) is 38.3 Å². The zero-order valence-electron chi connectivity index (χ0n) is 7.96. The maximum absolute atomic E-state index is 11.3. The van der Waals surface area contributed by atoms with E-state index < -0.39 is 0 Å². The lowest BCUT2D eigenvalue weighted by molar-refractivity contribution is -0.149. The molecule has 0 aromatic carbocycles. The molecule has 3 nitrogen and oxygen atoms in total. The first kappa shape index (κ1) is 9.52. The summed E-state index contributed by atoms with van der Waals surface area (Å²) in [4.78, 5) is 11.3. The Morgan fingerprint density at radius 1 is 1.50 bits per heavy atom. The van der Waals surface area contributed by atoms with Crippen LogP contribution in [-0.2, 0) is 9.53 Å². The van der Waals surface area contributed by atoms with Crippen LogP contribution in [0.4, 0.5) is 0 Å². The van der Waals surface area contributed by atoms with Crippen molar-refractivity contribution in [2.45, 2.75) is 26.3 Å². The van der Waals surface area contributed by atoms with Crippen molar-refractivity contribution in [3.05, 3.63) is 0 Å². The van der Waals surface area contributed by atoms with Crippen molar-refractivity contribution in [2.24, 2.45) is 11.8 Å². The number of hydrogen-bond acceptors (Lipinski definition) is 3. The van der Waals surface area contributed by atoms with Crippen molar-refractivity contribution in [3.8, 4) is 0 Å². The minimum atomic E-state index is -0.0813. The Labute approximate surface area is 73.5 Å². The van der Waals surface area contributed by atoms with Crippen LogP contribution in [0.5, 0.6) is 0 Å². The summed E-state index contributed by atoms with van der Waals surface area (Å²) >= 11 is 0. The van der Waals surface area contributed by atoms with E-state index in [1.54, 1.807) is 0 Å². The molecule has 0 radical (unpaired) electrons. The van der Waals surface area contributed by atoms with Crippen LogP contribution in [0.1, 0.15) is 20.3 Å². The Kier molecular flexibility index (Phi) is 3.09. The van der Waals surface area contributed by atoms with Crippen molar-refractivity contribution in [2.75, 3.05) is 13.7 Å². The summed E-state index contributed by atoms with van der Waals surface area (Å²) in [5.74, 6) is 0.389. The number of hydrogen-bond donors (Lipinski definition) is 1. The summed E-state index contributed by atoms with van der Waals surface area (Å²) in [6.07, 6.45) is 1.06. The Bertz CT molecular complexity index is 160. The maximum atomic E-state index is 11.3. The third-order valence-electron chi connectivity index (χ3n) is 2.69. The van der Waals surface area contributed by atoms with Crippen LogP contribution < -0.4 is 5.32 Å². The molecule has 1 rings (SSSR count). The molecule has 3 atom stereocenters. The number of rotatable bonds is 1. The maximum Gasteiger partial charge on any atom is 0.310 e. The Balaban J connectivity index is 2.62. The summed E-state index contributed by atoms with van der Waals surface area (Å²) in [6, 6.07) is 0.251. The number of nitrogens with one attached hydrogen (secondary N) is 1. The SMILES string of the molecule is COC(=O)C1C(C)CCNC1C. The van der Waals surface area contributed by atoms with Crippen LogP contribution in [0.3, 0.4) is 0 Å². The molecule has 3 unspecified atom stereocenters. The summed E-state index contributed by atoms with van der Waals surface area (Å²) in [5.41, 5.74) is 0. The molecule has 1 saturated heterocycles. The van der Waals surface area contributed by atoms with E-state index >= 15 is 0 Å². The lowest BCUT2D eigenvalue weighted by Gasteiger charge is -2.33. The van der Waals surface area contributed by atoms with Gasteiger partial charge in [-0.2, -0.15) is 0 Å². The first-order chi connectivity index (χ1) is 5.66. The third-order valence-corrected chi connectivity index (χ3v) is 2.69. The molecule has 1 heterocycles. The van der Waals surface area contributed by atoms with Crippen LogP contribution in [0.25, 0.3) is 0 Å². The van der Waals surface area contributed by atoms with E-state index in [4.69, 9.17) is 4.74 Å². The van der Waals surface area contributed by atoms with Gasteiger partial charge < -0.3 is 10.1 Å². The highest BCUT2D eigenvalue weighted by Crippen LogP contribution is 2.23. The second kappa shape index (κ2) is 3.90. The van der Waals surface area contributed by atoms with E-state index in [1.807, 2.05) is 6.92 Å². The molecular weight excluding hydrogens is 154 g/mol. The fraction of sp³-hybridized carbons (Fsp3) is 0.889. The van der Waals surface area contributed by atoms with Gasteiger partial charge in [0, 0.05) is 6.04 Å². The van der Waals surface area contributed by atoms with Gasteiger partial charge >= 0.3 is 5.97 Å². The van der Waals surface area contributed by atoms with E-state index in [2.05, 4.69) is 12.2 Å². The van der Waals surface area contributed by atoms with Crippen molar-refractivity contribution < 1.29 is 9.53 Å². The van der Waals surface area contributed by atoms with Gasteiger partial charge in [-0.25, -0.2) is 0 Å². The lowest BCUT2D eigenvalue weighted by atomic mass is 9.83. The van der Waals surface area contributed by atoms with Gasteiger partial charge in [0.1, 0.15) is 0 Å². The Morgan fingerprint density at radius 3 is 2.67 bits per heavy atom. The average Bonchev–Trinajstić information content (AvgIpc) is 2.03. The fourth-order valence-corrected chi connectivity index (χ4v) is 1.91. The second-order valence-corrected chi connectivity index (χ2v) is 3.56. The Morgan fingerprint density at radius 2 is 2.17 bits per heavy atom. The van der Waals surface area contributed by atoms with Crippen molar-refractivity contribution in [1.82, 2.24) is 5.32 Å². The first-order valence-corrected chi connectivity index (χ1v) is 4.48. The van der Waals surface area contributed by atoms with Crippen molar-refractivity contribution in [3.63, 3.8) is 0 Å². The average molecular weight is 171 g/mol. The minimum Gasteiger partial charge on any atom is -0.469 e. The van der Waals surface area contributed by atoms with Gasteiger partial charge in [-0.15, -0.1) is 0 Å². The van der Waals surface area contributed by atoms with Crippen LogP contribution in [0.15, 0.2) is 0 Å². The van der Waals surface area contributed by atoms with Gasteiger partial charge in [-0.1, -0.05) is 6.92 Å². The summed E-state index contributed by atoms with van der Waals surface area (Å²) in [7, 11) is 1.45. The molecule has 3 heteroatoms. The van der Waals surface area contributed by atoms with Crippen LogP contribution in [0, 0.1) is 11.8 Å². The standard InChI is InChI=1S/C9H17NO2/c1-6-4-5-10-7(2)8(6)9(11)12-3/h6-8,10H,4-5H2,1-3H3. The van der Waals surface area contributed by atoms with Gasteiger partial charge in [0.2, 0.25) is 0 Å². The highest BCUT2D eigenvalue weighted by Gasteiger charge is 2.33. The molecular formula is C9H17NO2. The molecule has 0 spiro atoms. The fourth-order valence-electron chi connectivity index (χ4n) is 1.91. The molecule has 1 N–H and O–H groups in total. The lowest BCUT2D eigenvalue weighted by Crippen LogP contribution is -2.47. The van der Waals surface area contributed by atoms with Gasteiger partial charge in [0.15, 0.2) is 0 Å². The number of piperidine rings is 1. The minimum absolute atomic E-state index is 0.0312. The normalized spacial score (nSPS) is 36.1. The number of carbonyl (C=O) groups is 1. The zero-order valence-corrected chi connectivity index (χ0v) is 7.96. The second-order valence-electron chi connectivity index (χ2n) is 3.56.